The van der Waals surface area contributed by atoms with Crippen LogP contribution in [0, 0.1) is 6.92 Å². The Bertz CT molecular complexity index is 1030. The van der Waals surface area contributed by atoms with Crippen LogP contribution in [0.5, 0.6) is 0 Å². The molecule has 2 saturated heterocycles. The second kappa shape index (κ2) is 12.0. The molecule has 0 saturated carbocycles. The maximum absolute atomic E-state index is 12.7. The molecule has 35 heavy (non-hydrogen) atoms. The summed E-state index contributed by atoms with van der Waals surface area (Å²) in [5.74, 6) is 1.24. The summed E-state index contributed by atoms with van der Waals surface area (Å²) in [7, 11) is 0. The van der Waals surface area contributed by atoms with Crippen LogP contribution in [0.15, 0.2) is 24.3 Å². The number of nitrogens with zero attached hydrogens (tertiary/aromatic N) is 4. The molecule has 0 radical (unpaired) electrons. The Hall–Kier alpha value is -2.49. The maximum Gasteiger partial charge on any atom is 0.239 e. The Balaban J connectivity index is 1.35. The first-order valence-electron chi connectivity index (χ1n) is 12.9. The third kappa shape index (κ3) is 6.39. The number of piperazine rings is 1. The van der Waals surface area contributed by atoms with Gasteiger partial charge in [-0.25, -0.2) is 4.98 Å². The van der Waals surface area contributed by atoms with Gasteiger partial charge >= 0.3 is 0 Å². The van der Waals surface area contributed by atoms with Gasteiger partial charge in [0.25, 0.3) is 0 Å². The molecular formula is C26H39N7OS. The summed E-state index contributed by atoms with van der Waals surface area (Å²) in [6, 6.07) is 8.37. The Morgan fingerprint density at radius 1 is 1.20 bits per heavy atom. The number of hydrogen-bond donors (Lipinski definition) is 3. The molecule has 2 aliphatic rings. The highest BCUT2D eigenvalue weighted by Crippen LogP contribution is 2.26. The minimum atomic E-state index is 0.0100. The number of carbonyl (C=O) groups excluding carboxylic acids is 1. The quantitative estimate of drug-likeness (QED) is 0.481. The van der Waals surface area contributed by atoms with E-state index in [0.717, 1.165) is 94.2 Å². The first-order valence-corrected chi connectivity index (χ1v) is 13.3. The van der Waals surface area contributed by atoms with E-state index in [0.29, 0.717) is 5.11 Å². The van der Waals surface area contributed by atoms with Crippen molar-refractivity contribution in [1.29, 1.82) is 0 Å². The summed E-state index contributed by atoms with van der Waals surface area (Å²) in [4.78, 5) is 24.3. The van der Waals surface area contributed by atoms with Crippen LogP contribution in [0.1, 0.15) is 32.3 Å². The highest BCUT2D eigenvalue weighted by Gasteiger charge is 2.29. The number of rotatable bonds is 8. The van der Waals surface area contributed by atoms with Gasteiger partial charge in [0.05, 0.1) is 11.6 Å². The van der Waals surface area contributed by atoms with E-state index < -0.39 is 0 Å². The molecule has 1 unspecified atom stereocenters. The third-order valence-corrected chi connectivity index (χ3v) is 7.39. The van der Waals surface area contributed by atoms with Crippen LogP contribution in [0.25, 0.3) is 10.9 Å². The average Bonchev–Trinajstić information content (AvgIpc) is 3.42. The van der Waals surface area contributed by atoms with Gasteiger partial charge in [-0.05, 0) is 81.4 Å². The van der Waals surface area contributed by atoms with E-state index in [1.807, 2.05) is 11.0 Å². The number of benzene rings is 1. The zero-order valence-electron chi connectivity index (χ0n) is 21.3. The largest absolute Gasteiger partial charge is 0.361 e. The van der Waals surface area contributed by atoms with Gasteiger partial charge in [-0.3, -0.25) is 4.79 Å². The molecule has 3 heterocycles. The highest BCUT2D eigenvalue weighted by molar-refractivity contribution is 7.80. The van der Waals surface area contributed by atoms with Crippen LogP contribution in [-0.2, 0) is 4.79 Å². The normalized spacial score (nSPS) is 18.3. The van der Waals surface area contributed by atoms with Crippen molar-refractivity contribution in [2.24, 2.45) is 0 Å². The molecule has 2 fully saturated rings. The summed E-state index contributed by atoms with van der Waals surface area (Å²) < 4.78 is 0. The van der Waals surface area contributed by atoms with E-state index >= 15 is 0 Å². The zero-order chi connectivity index (χ0) is 24.8. The lowest BCUT2D eigenvalue weighted by molar-refractivity contribution is -0.133. The lowest BCUT2D eigenvalue weighted by atomic mass is 10.1. The van der Waals surface area contributed by atoms with Gasteiger partial charge in [0.15, 0.2) is 5.11 Å². The smallest absolute Gasteiger partial charge is 0.239 e. The predicted octanol–water partition coefficient (Wildman–Crippen LogP) is 2.57. The lowest BCUT2D eigenvalue weighted by Gasteiger charge is -2.36. The fourth-order valence-electron chi connectivity index (χ4n) is 4.93. The molecule has 9 heteroatoms. The van der Waals surface area contributed by atoms with E-state index in [9.17, 15) is 4.79 Å². The fourth-order valence-corrected chi connectivity index (χ4v) is 5.15. The number of aromatic nitrogens is 1. The number of likely N-dealkylation sites (N-methyl/N-ethyl adjacent to an activating group) is 1. The summed E-state index contributed by atoms with van der Waals surface area (Å²) in [6.07, 6.45) is 2.05. The van der Waals surface area contributed by atoms with Crippen LogP contribution in [-0.4, -0.2) is 90.7 Å². The molecule has 0 bridgehead atoms. The zero-order valence-corrected chi connectivity index (χ0v) is 22.1. The molecule has 0 spiro atoms. The average molecular weight is 498 g/mol. The molecule has 8 nitrogen and oxygen atoms in total. The van der Waals surface area contributed by atoms with Crippen LogP contribution in [0.2, 0.25) is 0 Å². The van der Waals surface area contributed by atoms with Crippen LogP contribution in [0.4, 0.5) is 11.5 Å². The lowest BCUT2D eigenvalue weighted by Crippen LogP contribution is -2.53. The number of hydrogen-bond acceptors (Lipinski definition) is 6. The van der Waals surface area contributed by atoms with E-state index in [-0.39, 0.29) is 11.9 Å². The number of aryl methyl sites for hydroxylation is 1. The van der Waals surface area contributed by atoms with Gasteiger partial charge in [-0.1, -0.05) is 13.8 Å². The number of anilines is 2. The molecule has 1 amide bonds. The number of carbonyl (C=O) groups is 1. The second-order valence-corrected chi connectivity index (χ2v) is 9.81. The first-order chi connectivity index (χ1) is 17.0. The van der Waals surface area contributed by atoms with Gasteiger partial charge in [0.1, 0.15) is 5.82 Å². The Labute approximate surface area is 214 Å². The van der Waals surface area contributed by atoms with Crippen molar-refractivity contribution in [3.63, 3.8) is 0 Å². The number of amides is 1. The van der Waals surface area contributed by atoms with Gasteiger partial charge in [-0.2, -0.15) is 0 Å². The molecule has 0 aliphatic carbocycles. The number of nitrogens with one attached hydrogen (secondary N) is 3. The third-order valence-electron chi connectivity index (χ3n) is 7.14. The maximum atomic E-state index is 12.7. The second-order valence-electron chi connectivity index (χ2n) is 9.40. The summed E-state index contributed by atoms with van der Waals surface area (Å²) in [5.41, 5.74) is 3.12. The molecule has 3 N–H and O–H groups in total. The van der Waals surface area contributed by atoms with Gasteiger partial charge in [0, 0.05) is 50.3 Å². The Kier molecular flexibility index (Phi) is 8.75. The standard InChI is InChI=1S/C26H39N7OS/c1-4-31(5-2)12-11-28-26(35)29-20-8-9-22-21(18-20)19(3)17-24(30-22)32-13-15-33(16-14-32)25(34)23-7-6-10-27-23/h8-9,17-18,23,27H,4-7,10-16H2,1-3H3,(H2,28,29,35). The Morgan fingerprint density at radius 2 is 1.97 bits per heavy atom. The minimum Gasteiger partial charge on any atom is -0.361 e. The van der Waals surface area contributed by atoms with Crippen molar-refractivity contribution in [2.45, 2.75) is 39.7 Å². The SMILES string of the molecule is CCN(CC)CCNC(=S)Nc1ccc2nc(N3CCN(C(=O)C4CCCN4)CC3)cc(C)c2c1. The Morgan fingerprint density at radius 3 is 2.66 bits per heavy atom. The summed E-state index contributed by atoms with van der Waals surface area (Å²) in [6.45, 7) is 14.4. The number of fused-ring (bicyclic) bond motifs is 1. The van der Waals surface area contributed by atoms with Crippen LogP contribution >= 0.6 is 12.2 Å². The van der Waals surface area contributed by atoms with Crippen molar-refractivity contribution < 1.29 is 4.79 Å². The first kappa shape index (κ1) is 25.6. The van der Waals surface area contributed by atoms with E-state index in [1.165, 1.54) is 5.56 Å². The molecule has 190 valence electrons. The number of pyridine rings is 1. The van der Waals surface area contributed by atoms with Crippen molar-refractivity contribution in [2.75, 3.05) is 69.1 Å². The van der Waals surface area contributed by atoms with Crippen LogP contribution < -0.4 is 20.9 Å². The van der Waals surface area contributed by atoms with Crippen molar-refractivity contribution in [3.05, 3.63) is 29.8 Å². The fraction of sp³-hybridized carbons (Fsp3) is 0.577. The van der Waals surface area contributed by atoms with Gasteiger partial charge in [0.2, 0.25) is 5.91 Å². The molecule has 1 aromatic carbocycles. The molecule has 1 aromatic heterocycles. The predicted molar refractivity (Wildman–Crippen MR) is 148 cm³/mol. The molecule has 1 atom stereocenters. The van der Waals surface area contributed by atoms with Gasteiger partial charge in [-0.15, -0.1) is 0 Å². The number of thiocarbonyl (C=S) groups is 1. The van der Waals surface area contributed by atoms with E-state index in [4.69, 9.17) is 17.2 Å². The van der Waals surface area contributed by atoms with Crippen molar-refractivity contribution >= 4 is 45.6 Å². The summed E-state index contributed by atoms with van der Waals surface area (Å²) in [5, 5.41) is 11.7. The van der Waals surface area contributed by atoms with Gasteiger partial charge < -0.3 is 30.7 Å². The van der Waals surface area contributed by atoms with E-state index in [2.05, 4.69) is 64.7 Å². The molecule has 2 aromatic rings. The molecular weight excluding hydrogens is 458 g/mol. The van der Waals surface area contributed by atoms with Crippen molar-refractivity contribution in [3.8, 4) is 0 Å². The highest BCUT2D eigenvalue weighted by atomic mass is 32.1. The van der Waals surface area contributed by atoms with E-state index in [1.54, 1.807) is 0 Å². The molecule has 2 aliphatic heterocycles. The topological polar surface area (TPSA) is 75.8 Å². The van der Waals surface area contributed by atoms with Crippen LogP contribution in [0.3, 0.4) is 0 Å². The minimum absolute atomic E-state index is 0.0100. The summed E-state index contributed by atoms with van der Waals surface area (Å²) >= 11 is 5.49. The molecule has 4 rings (SSSR count). The monoisotopic (exact) mass is 497 g/mol. The van der Waals surface area contributed by atoms with Crippen molar-refractivity contribution in [1.82, 2.24) is 25.4 Å².